The second-order valence-corrected chi connectivity index (χ2v) is 5.23. The highest BCUT2D eigenvalue weighted by Gasteiger charge is 2.46. The number of hydrogen-bond acceptors (Lipinski definition) is 4. The molecule has 2 rings (SSSR count). The molecule has 0 aromatic heterocycles. The predicted octanol–water partition coefficient (Wildman–Crippen LogP) is 2.10. The molecular weight excluding hydrogens is 244 g/mol. The third-order valence-electron chi connectivity index (χ3n) is 3.72. The van der Waals surface area contributed by atoms with Crippen LogP contribution in [-0.4, -0.2) is 36.3 Å². The van der Waals surface area contributed by atoms with E-state index in [1.54, 1.807) is 7.11 Å². The van der Waals surface area contributed by atoms with E-state index in [0.29, 0.717) is 13.0 Å². The van der Waals surface area contributed by atoms with E-state index in [1.807, 2.05) is 44.2 Å². The Morgan fingerprint density at radius 3 is 2.68 bits per heavy atom. The Kier molecular flexibility index (Phi) is 4.58. The summed E-state index contributed by atoms with van der Waals surface area (Å²) in [6.45, 7) is 4.36. The molecule has 0 aliphatic carbocycles. The van der Waals surface area contributed by atoms with Crippen LogP contribution in [-0.2, 0) is 20.8 Å². The zero-order chi connectivity index (χ0) is 13.9. The van der Waals surface area contributed by atoms with Crippen molar-refractivity contribution in [2.45, 2.75) is 51.0 Å². The van der Waals surface area contributed by atoms with Crippen molar-refractivity contribution >= 4 is 0 Å². The fourth-order valence-corrected chi connectivity index (χ4v) is 2.60. The Morgan fingerprint density at radius 1 is 1.37 bits per heavy atom. The van der Waals surface area contributed by atoms with Crippen LogP contribution >= 0.6 is 0 Å². The highest BCUT2D eigenvalue weighted by molar-refractivity contribution is 5.13. The van der Waals surface area contributed by atoms with Crippen LogP contribution in [0.15, 0.2) is 30.3 Å². The van der Waals surface area contributed by atoms with E-state index in [0.717, 1.165) is 5.56 Å². The van der Waals surface area contributed by atoms with Gasteiger partial charge in [-0.05, 0) is 19.4 Å². The Bertz CT molecular complexity index is 394. The quantitative estimate of drug-likeness (QED) is 0.906. The van der Waals surface area contributed by atoms with E-state index in [2.05, 4.69) is 0 Å². The minimum atomic E-state index is -0.795. The van der Waals surface area contributed by atoms with Crippen LogP contribution in [0.4, 0.5) is 0 Å². The molecule has 1 aromatic carbocycles. The van der Waals surface area contributed by atoms with Gasteiger partial charge in [0.15, 0.2) is 6.29 Å². The SMILES string of the molecule is CO[C@]1(C)CC(O)O[C@@H](C)[C@@H]1OCc1ccccc1. The van der Waals surface area contributed by atoms with Crippen LogP contribution in [0.25, 0.3) is 0 Å². The number of aliphatic hydroxyl groups excluding tert-OH is 1. The summed E-state index contributed by atoms with van der Waals surface area (Å²) in [7, 11) is 1.64. The molecule has 4 nitrogen and oxygen atoms in total. The molecule has 1 heterocycles. The molecule has 1 aliphatic heterocycles. The van der Waals surface area contributed by atoms with Gasteiger partial charge in [-0.15, -0.1) is 0 Å². The van der Waals surface area contributed by atoms with Crippen LogP contribution in [0.1, 0.15) is 25.8 Å². The van der Waals surface area contributed by atoms with E-state index >= 15 is 0 Å². The average Bonchev–Trinajstić information content (AvgIpc) is 2.38. The van der Waals surface area contributed by atoms with Crippen LogP contribution in [0.3, 0.4) is 0 Å². The Morgan fingerprint density at radius 2 is 2.05 bits per heavy atom. The molecule has 1 unspecified atom stereocenters. The lowest BCUT2D eigenvalue weighted by atomic mass is 9.88. The first-order chi connectivity index (χ1) is 9.05. The summed E-state index contributed by atoms with van der Waals surface area (Å²) in [6, 6.07) is 9.99. The van der Waals surface area contributed by atoms with Gasteiger partial charge in [0.1, 0.15) is 6.10 Å². The molecule has 1 aliphatic rings. The molecule has 0 amide bonds. The molecular formula is C15H22O4. The number of methoxy groups -OCH3 is 1. The van der Waals surface area contributed by atoms with Gasteiger partial charge in [0.2, 0.25) is 0 Å². The van der Waals surface area contributed by atoms with Gasteiger partial charge in [-0.25, -0.2) is 0 Å². The van der Waals surface area contributed by atoms with E-state index in [4.69, 9.17) is 14.2 Å². The summed E-state index contributed by atoms with van der Waals surface area (Å²) in [5.74, 6) is 0. The van der Waals surface area contributed by atoms with Crippen molar-refractivity contribution in [3.63, 3.8) is 0 Å². The number of aliphatic hydroxyl groups is 1. The van der Waals surface area contributed by atoms with E-state index in [1.165, 1.54) is 0 Å². The predicted molar refractivity (Wildman–Crippen MR) is 71.6 cm³/mol. The molecule has 0 radical (unpaired) electrons. The third-order valence-corrected chi connectivity index (χ3v) is 3.72. The first-order valence-corrected chi connectivity index (χ1v) is 6.59. The van der Waals surface area contributed by atoms with Crippen molar-refractivity contribution in [3.05, 3.63) is 35.9 Å². The lowest BCUT2D eigenvalue weighted by molar-refractivity contribution is -0.276. The second-order valence-electron chi connectivity index (χ2n) is 5.23. The molecule has 1 aromatic rings. The van der Waals surface area contributed by atoms with Crippen molar-refractivity contribution in [1.82, 2.24) is 0 Å². The van der Waals surface area contributed by atoms with E-state index < -0.39 is 11.9 Å². The molecule has 1 N–H and O–H groups in total. The van der Waals surface area contributed by atoms with Crippen LogP contribution in [0.5, 0.6) is 0 Å². The zero-order valence-electron chi connectivity index (χ0n) is 11.7. The highest BCUT2D eigenvalue weighted by atomic mass is 16.6. The fraction of sp³-hybridized carbons (Fsp3) is 0.600. The van der Waals surface area contributed by atoms with Gasteiger partial charge in [-0.2, -0.15) is 0 Å². The Labute approximate surface area is 114 Å². The van der Waals surface area contributed by atoms with Crippen LogP contribution < -0.4 is 0 Å². The highest BCUT2D eigenvalue weighted by Crippen LogP contribution is 2.33. The number of rotatable bonds is 4. The topological polar surface area (TPSA) is 47.9 Å². The van der Waals surface area contributed by atoms with Crippen LogP contribution in [0, 0.1) is 0 Å². The number of ether oxygens (including phenoxy) is 3. The molecule has 19 heavy (non-hydrogen) atoms. The molecule has 1 fully saturated rings. The standard InChI is InChI=1S/C15H22O4/c1-11-14(15(2,17-3)9-13(16)19-11)18-10-12-7-5-4-6-8-12/h4-8,11,13-14,16H,9-10H2,1-3H3/t11-,13?,14-,15+/m0/s1. The fourth-order valence-electron chi connectivity index (χ4n) is 2.60. The molecule has 4 heteroatoms. The van der Waals surface area contributed by atoms with Gasteiger partial charge in [0.25, 0.3) is 0 Å². The van der Waals surface area contributed by atoms with Gasteiger partial charge in [-0.1, -0.05) is 30.3 Å². The van der Waals surface area contributed by atoms with Crippen molar-refractivity contribution in [3.8, 4) is 0 Å². The summed E-state index contributed by atoms with van der Waals surface area (Å²) in [6.07, 6.45) is -0.803. The van der Waals surface area contributed by atoms with E-state index in [-0.39, 0.29) is 12.2 Å². The molecule has 106 valence electrons. The van der Waals surface area contributed by atoms with Crippen molar-refractivity contribution in [2.24, 2.45) is 0 Å². The molecule has 1 saturated heterocycles. The summed E-state index contributed by atoms with van der Waals surface area (Å²) < 4.78 is 17.0. The van der Waals surface area contributed by atoms with Gasteiger partial charge in [0.05, 0.1) is 18.3 Å². The molecule has 0 saturated carbocycles. The monoisotopic (exact) mass is 266 g/mol. The van der Waals surface area contributed by atoms with Crippen LogP contribution in [0.2, 0.25) is 0 Å². The number of hydrogen-bond donors (Lipinski definition) is 1. The van der Waals surface area contributed by atoms with Gasteiger partial charge in [-0.3, -0.25) is 0 Å². The van der Waals surface area contributed by atoms with Gasteiger partial charge < -0.3 is 19.3 Å². The summed E-state index contributed by atoms with van der Waals surface area (Å²) in [4.78, 5) is 0. The van der Waals surface area contributed by atoms with Crippen molar-refractivity contribution < 1.29 is 19.3 Å². The zero-order valence-corrected chi connectivity index (χ0v) is 11.7. The third kappa shape index (κ3) is 3.34. The first-order valence-electron chi connectivity index (χ1n) is 6.59. The second kappa shape index (κ2) is 6.01. The van der Waals surface area contributed by atoms with E-state index in [9.17, 15) is 5.11 Å². The maximum Gasteiger partial charge on any atom is 0.157 e. The smallest absolute Gasteiger partial charge is 0.157 e. The maximum atomic E-state index is 9.69. The van der Waals surface area contributed by atoms with Crippen molar-refractivity contribution in [1.29, 1.82) is 0 Å². The molecule has 4 atom stereocenters. The largest absolute Gasteiger partial charge is 0.376 e. The normalized spacial score (nSPS) is 35.3. The Hall–Kier alpha value is -0.940. The van der Waals surface area contributed by atoms with Crippen molar-refractivity contribution in [2.75, 3.05) is 7.11 Å². The lowest BCUT2D eigenvalue weighted by Gasteiger charge is -2.45. The lowest BCUT2D eigenvalue weighted by Crippen LogP contribution is -2.56. The average molecular weight is 266 g/mol. The summed E-state index contributed by atoms with van der Waals surface area (Å²) in [5, 5.41) is 9.69. The summed E-state index contributed by atoms with van der Waals surface area (Å²) in [5.41, 5.74) is 0.575. The summed E-state index contributed by atoms with van der Waals surface area (Å²) >= 11 is 0. The van der Waals surface area contributed by atoms with Gasteiger partial charge >= 0.3 is 0 Å². The molecule has 0 spiro atoms. The number of benzene rings is 1. The first kappa shape index (κ1) is 14.5. The minimum absolute atomic E-state index is 0.207. The minimum Gasteiger partial charge on any atom is -0.376 e. The molecule has 0 bridgehead atoms. The maximum absolute atomic E-state index is 9.69. The Balaban J connectivity index is 2.04. The van der Waals surface area contributed by atoms with Gasteiger partial charge in [0, 0.05) is 13.5 Å².